The second-order valence-corrected chi connectivity index (χ2v) is 7.15. The van der Waals surface area contributed by atoms with E-state index >= 15 is 0 Å². The minimum Gasteiger partial charge on any atom is -0.497 e. The van der Waals surface area contributed by atoms with Gasteiger partial charge in [0.25, 0.3) is 5.91 Å². The quantitative estimate of drug-likeness (QED) is 0.812. The van der Waals surface area contributed by atoms with Crippen molar-refractivity contribution in [1.82, 2.24) is 14.8 Å². The lowest BCUT2D eigenvalue weighted by Crippen LogP contribution is -2.50. The molecule has 1 aliphatic heterocycles. The van der Waals surface area contributed by atoms with Crippen LogP contribution in [0.1, 0.15) is 30.3 Å². The molecule has 0 spiro atoms. The van der Waals surface area contributed by atoms with Crippen LogP contribution in [0.2, 0.25) is 0 Å². The summed E-state index contributed by atoms with van der Waals surface area (Å²) in [5.74, 6) is -1.04. The van der Waals surface area contributed by atoms with Gasteiger partial charge in [-0.15, -0.1) is 0 Å². The standard InChI is InChI=1S/C20H25N3O5/c1-12(19(25)23-8-6-13(7-9-23)20(26)27)21-18(24)17-11-14-10-15(28-3)4-5-16(14)22(17)2/h4-5,10-13H,6-9H2,1-3H3,(H,21,24)(H,26,27). The van der Waals surface area contributed by atoms with Gasteiger partial charge in [0, 0.05) is 31.0 Å². The van der Waals surface area contributed by atoms with Crippen molar-refractivity contribution in [2.45, 2.75) is 25.8 Å². The summed E-state index contributed by atoms with van der Waals surface area (Å²) in [5, 5.41) is 12.7. The number of benzene rings is 1. The molecule has 0 bridgehead atoms. The first kappa shape index (κ1) is 19.7. The van der Waals surface area contributed by atoms with Crippen molar-refractivity contribution in [3.05, 3.63) is 30.0 Å². The first-order chi connectivity index (χ1) is 13.3. The van der Waals surface area contributed by atoms with Gasteiger partial charge in [0.2, 0.25) is 5.91 Å². The lowest BCUT2D eigenvalue weighted by molar-refractivity contribution is -0.146. The number of rotatable bonds is 5. The largest absolute Gasteiger partial charge is 0.497 e. The van der Waals surface area contributed by atoms with Crippen molar-refractivity contribution >= 4 is 28.7 Å². The summed E-state index contributed by atoms with van der Waals surface area (Å²) in [4.78, 5) is 38.0. The number of methoxy groups -OCH3 is 1. The molecule has 2 amide bonds. The SMILES string of the molecule is COc1ccc2c(c1)cc(C(=O)NC(C)C(=O)N1CCC(C(=O)O)CC1)n2C. The third kappa shape index (κ3) is 3.81. The number of hydrogen-bond donors (Lipinski definition) is 2. The molecule has 2 N–H and O–H groups in total. The molecule has 1 aromatic heterocycles. The number of nitrogens with zero attached hydrogens (tertiary/aromatic N) is 2. The second-order valence-electron chi connectivity index (χ2n) is 7.15. The first-order valence-electron chi connectivity index (χ1n) is 9.27. The molecule has 1 fully saturated rings. The lowest BCUT2D eigenvalue weighted by atomic mass is 9.97. The summed E-state index contributed by atoms with van der Waals surface area (Å²) in [6.07, 6.45) is 0.875. The number of likely N-dealkylation sites (tertiary alicyclic amines) is 1. The van der Waals surface area contributed by atoms with Gasteiger partial charge in [-0.3, -0.25) is 14.4 Å². The van der Waals surface area contributed by atoms with Gasteiger partial charge in [0.05, 0.1) is 13.0 Å². The number of aryl methyl sites for hydroxylation is 1. The molecule has 1 saturated heterocycles. The van der Waals surface area contributed by atoms with Gasteiger partial charge in [-0.05, 0) is 44.0 Å². The number of carboxylic acid groups (broad SMARTS) is 1. The molecule has 150 valence electrons. The third-order valence-electron chi connectivity index (χ3n) is 5.36. The van der Waals surface area contributed by atoms with Crippen LogP contribution in [0, 0.1) is 5.92 Å². The van der Waals surface area contributed by atoms with Crippen molar-refractivity contribution in [3.8, 4) is 5.75 Å². The highest BCUT2D eigenvalue weighted by Crippen LogP contribution is 2.24. The van der Waals surface area contributed by atoms with Gasteiger partial charge in [-0.25, -0.2) is 0 Å². The number of fused-ring (bicyclic) bond motifs is 1. The molecular formula is C20H25N3O5. The zero-order chi connectivity index (χ0) is 20.4. The molecule has 0 aliphatic carbocycles. The highest BCUT2D eigenvalue weighted by Gasteiger charge is 2.30. The Labute approximate surface area is 163 Å². The van der Waals surface area contributed by atoms with Crippen LogP contribution in [0.4, 0.5) is 0 Å². The average Bonchev–Trinajstić information content (AvgIpc) is 3.03. The number of hydrogen-bond acceptors (Lipinski definition) is 4. The van der Waals surface area contributed by atoms with Gasteiger partial charge >= 0.3 is 5.97 Å². The molecule has 1 atom stereocenters. The van der Waals surface area contributed by atoms with E-state index in [2.05, 4.69) is 5.32 Å². The number of ether oxygens (including phenoxy) is 1. The van der Waals surface area contributed by atoms with E-state index < -0.39 is 17.9 Å². The van der Waals surface area contributed by atoms with Crippen molar-refractivity contribution in [2.75, 3.05) is 20.2 Å². The molecule has 28 heavy (non-hydrogen) atoms. The Morgan fingerprint density at radius 2 is 1.89 bits per heavy atom. The molecule has 2 aromatic rings. The minimum atomic E-state index is -0.819. The van der Waals surface area contributed by atoms with E-state index in [1.807, 2.05) is 18.2 Å². The number of aliphatic carboxylic acids is 1. The fraction of sp³-hybridized carbons (Fsp3) is 0.450. The number of aromatic nitrogens is 1. The summed E-state index contributed by atoms with van der Waals surface area (Å²) >= 11 is 0. The molecule has 2 heterocycles. The Morgan fingerprint density at radius 3 is 2.50 bits per heavy atom. The van der Waals surface area contributed by atoms with E-state index in [9.17, 15) is 14.4 Å². The molecule has 0 saturated carbocycles. The fourth-order valence-electron chi connectivity index (χ4n) is 3.63. The van der Waals surface area contributed by atoms with E-state index in [0.29, 0.717) is 37.4 Å². The zero-order valence-corrected chi connectivity index (χ0v) is 16.3. The topological polar surface area (TPSA) is 101 Å². The predicted octanol–water partition coefficient (Wildman–Crippen LogP) is 1.63. The van der Waals surface area contributed by atoms with Crippen LogP contribution in [0.5, 0.6) is 5.75 Å². The van der Waals surface area contributed by atoms with Crippen molar-refractivity contribution in [1.29, 1.82) is 0 Å². The number of carboxylic acids is 1. The van der Waals surface area contributed by atoms with E-state index in [0.717, 1.165) is 10.9 Å². The second kappa shape index (κ2) is 7.92. The van der Waals surface area contributed by atoms with Crippen LogP contribution in [0.25, 0.3) is 10.9 Å². The van der Waals surface area contributed by atoms with Gasteiger partial charge in [-0.1, -0.05) is 0 Å². The average molecular weight is 387 g/mol. The Bertz CT molecular complexity index is 912. The maximum absolute atomic E-state index is 12.7. The molecule has 1 aromatic carbocycles. The van der Waals surface area contributed by atoms with Gasteiger partial charge < -0.3 is 24.6 Å². The van der Waals surface area contributed by atoms with Crippen LogP contribution in [-0.4, -0.2) is 58.6 Å². The van der Waals surface area contributed by atoms with Crippen LogP contribution < -0.4 is 10.1 Å². The molecule has 3 rings (SSSR count). The van der Waals surface area contributed by atoms with Crippen LogP contribution >= 0.6 is 0 Å². The lowest BCUT2D eigenvalue weighted by Gasteiger charge is -2.32. The molecule has 1 unspecified atom stereocenters. The molecule has 8 nitrogen and oxygen atoms in total. The molecular weight excluding hydrogens is 362 g/mol. The summed E-state index contributed by atoms with van der Waals surface area (Å²) in [6.45, 7) is 2.43. The molecule has 0 radical (unpaired) electrons. The summed E-state index contributed by atoms with van der Waals surface area (Å²) in [6, 6.07) is 6.64. The van der Waals surface area contributed by atoms with Gasteiger partial charge in [-0.2, -0.15) is 0 Å². The highest BCUT2D eigenvalue weighted by molar-refractivity contribution is 6.01. The Morgan fingerprint density at radius 1 is 1.21 bits per heavy atom. The number of nitrogens with one attached hydrogen (secondary N) is 1. The Hall–Kier alpha value is -3.03. The van der Waals surface area contributed by atoms with E-state index in [-0.39, 0.29) is 11.8 Å². The third-order valence-corrected chi connectivity index (χ3v) is 5.36. The van der Waals surface area contributed by atoms with Crippen LogP contribution in [0.15, 0.2) is 24.3 Å². The highest BCUT2D eigenvalue weighted by atomic mass is 16.5. The summed E-state index contributed by atoms with van der Waals surface area (Å²) < 4.78 is 7.00. The van der Waals surface area contributed by atoms with E-state index in [1.54, 1.807) is 36.6 Å². The molecule has 8 heteroatoms. The first-order valence-corrected chi connectivity index (χ1v) is 9.27. The van der Waals surface area contributed by atoms with Crippen LogP contribution in [0.3, 0.4) is 0 Å². The maximum atomic E-state index is 12.7. The summed E-state index contributed by atoms with van der Waals surface area (Å²) in [7, 11) is 3.39. The predicted molar refractivity (Wildman–Crippen MR) is 103 cm³/mol. The number of amides is 2. The van der Waals surface area contributed by atoms with Gasteiger partial charge in [0.15, 0.2) is 0 Å². The smallest absolute Gasteiger partial charge is 0.306 e. The fourth-order valence-corrected chi connectivity index (χ4v) is 3.63. The normalized spacial score (nSPS) is 16.0. The monoisotopic (exact) mass is 387 g/mol. The van der Waals surface area contributed by atoms with Crippen molar-refractivity contribution in [3.63, 3.8) is 0 Å². The number of piperidine rings is 1. The van der Waals surface area contributed by atoms with Gasteiger partial charge in [0.1, 0.15) is 17.5 Å². The number of carbonyl (C=O) groups excluding carboxylic acids is 2. The van der Waals surface area contributed by atoms with Crippen molar-refractivity contribution in [2.24, 2.45) is 13.0 Å². The zero-order valence-electron chi connectivity index (χ0n) is 16.3. The minimum absolute atomic E-state index is 0.197. The Kier molecular flexibility index (Phi) is 5.58. The van der Waals surface area contributed by atoms with Crippen LogP contribution in [-0.2, 0) is 16.6 Å². The molecule has 1 aliphatic rings. The van der Waals surface area contributed by atoms with E-state index in [1.165, 1.54) is 0 Å². The van der Waals surface area contributed by atoms with E-state index in [4.69, 9.17) is 9.84 Å². The number of carbonyl (C=O) groups is 3. The summed E-state index contributed by atoms with van der Waals surface area (Å²) in [5.41, 5.74) is 1.34. The Balaban J connectivity index is 1.67. The van der Waals surface area contributed by atoms with Crippen molar-refractivity contribution < 1.29 is 24.2 Å². The maximum Gasteiger partial charge on any atom is 0.306 e.